The number of carbonyl (C=O) groups excluding carboxylic acids is 2. The molecule has 0 unspecified atom stereocenters. The first-order valence-corrected chi connectivity index (χ1v) is 8.70. The Labute approximate surface area is 145 Å². The summed E-state index contributed by atoms with van der Waals surface area (Å²) in [6.07, 6.45) is 5.35. The van der Waals surface area contributed by atoms with E-state index in [9.17, 15) is 9.59 Å². The normalized spacial score (nSPS) is 18.0. The Morgan fingerprint density at radius 2 is 1.62 bits per heavy atom. The maximum atomic E-state index is 12.2. The molecule has 0 spiro atoms. The van der Waals surface area contributed by atoms with Gasteiger partial charge in [0.05, 0.1) is 11.6 Å². The molecule has 0 saturated heterocycles. The summed E-state index contributed by atoms with van der Waals surface area (Å²) in [7, 11) is 0. The highest BCUT2D eigenvalue weighted by molar-refractivity contribution is 5.84. The molecule has 0 bridgehead atoms. The van der Waals surface area contributed by atoms with Crippen molar-refractivity contribution < 1.29 is 14.3 Å². The Morgan fingerprint density at radius 1 is 1.08 bits per heavy atom. The lowest BCUT2D eigenvalue weighted by molar-refractivity contribution is -0.127. The molecule has 2 N–H and O–H groups in total. The molecular weight excluding hydrogens is 306 g/mol. The number of nitrogens with one attached hydrogen (secondary N) is 2. The first-order valence-electron chi connectivity index (χ1n) is 8.70. The number of rotatable bonds is 4. The van der Waals surface area contributed by atoms with Crippen LogP contribution in [-0.2, 0) is 9.53 Å². The van der Waals surface area contributed by atoms with Gasteiger partial charge in [-0.15, -0.1) is 0 Å². The van der Waals surface area contributed by atoms with Gasteiger partial charge in [0.2, 0.25) is 5.91 Å². The zero-order chi connectivity index (χ0) is 18.4. The van der Waals surface area contributed by atoms with E-state index < -0.39 is 22.6 Å². The molecule has 1 rings (SSSR count). The van der Waals surface area contributed by atoms with Gasteiger partial charge in [-0.1, -0.05) is 25.7 Å². The average molecular weight is 337 g/mol. The SMILES string of the molecule is CC(C)(C)OC(=O)NC1(CNC(=O)C(C)(C)C#N)CCCCCC1. The van der Waals surface area contributed by atoms with E-state index in [2.05, 4.69) is 10.6 Å². The van der Waals surface area contributed by atoms with Gasteiger partial charge in [-0.05, 0) is 47.5 Å². The van der Waals surface area contributed by atoms with Crippen molar-refractivity contribution in [1.29, 1.82) is 5.26 Å². The summed E-state index contributed by atoms with van der Waals surface area (Å²) in [4.78, 5) is 24.4. The molecule has 1 aliphatic carbocycles. The van der Waals surface area contributed by atoms with Crippen LogP contribution in [0.25, 0.3) is 0 Å². The van der Waals surface area contributed by atoms with Gasteiger partial charge in [0.1, 0.15) is 11.0 Å². The summed E-state index contributed by atoms with van der Waals surface area (Å²) in [5.41, 5.74) is -2.17. The minimum Gasteiger partial charge on any atom is -0.444 e. The largest absolute Gasteiger partial charge is 0.444 e. The Hall–Kier alpha value is -1.77. The van der Waals surface area contributed by atoms with E-state index in [1.54, 1.807) is 13.8 Å². The fraction of sp³-hybridized carbons (Fsp3) is 0.833. The summed E-state index contributed by atoms with van der Waals surface area (Å²) >= 11 is 0. The lowest BCUT2D eigenvalue weighted by Gasteiger charge is -2.35. The van der Waals surface area contributed by atoms with Crippen molar-refractivity contribution in [1.82, 2.24) is 10.6 Å². The average Bonchev–Trinajstić information content (AvgIpc) is 2.68. The molecule has 0 heterocycles. The van der Waals surface area contributed by atoms with Gasteiger partial charge < -0.3 is 15.4 Å². The van der Waals surface area contributed by atoms with Gasteiger partial charge in [-0.25, -0.2) is 4.79 Å². The van der Waals surface area contributed by atoms with E-state index in [1.165, 1.54) is 0 Å². The topological polar surface area (TPSA) is 91.2 Å². The molecule has 6 nitrogen and oxygen atoms in total. The molecule has 0 radical (unpaired) electrons. The number of hydrogen-bond acceptors (Lipinski definition) is 4. The van der Waals surface area contributed by atoms with Crippen LogP contribution in [0.3, 0.4) is 0 Å². The van der Waals surface area contributed by atoms with E-state index in [4.69, 9.17) is 10.00 Å². The Balaban J connectivity index is 2.81. The molecule has 1 aliphatic rings. The zero-order valence-electron chi connectivity index (χ0n) is 15.6. The maximum Gasteiger partial charge on any atom is 0.408 e. The van der Waals surface area contributed by atoms with Crippen molar-refractivity contribution in [3.8, 4) is 6.07 Å². The first-order chi connectivity index (χ1) is 11.0. The van der Waals surface area contributed by atoms with Gasteiger partial charge in [-0.2, -0.15) is 5.26 Å². The van der Waals surface area contributed by atoms with Gasteiger partial charge in [0.15, 0.2) is 0 Å². The van der Waals surface area contributed by atoms with Gasteiger partial charge in [0, 0.05) is 6.54 Å². The third-order valence-corrected chi connectivity index (χ3v) is 4.26. The van der Waals surface area contributed by atoms with Crippen LogP contribution >= 0.6 is 0 Å². The molecule has 1 saturated carbocycles. The van der Waals surface area contributed by atoms with Crippen LogP contribution in [0.15, 0.2) is 0 Å². The van der Waals surface area contributed by atoms with Crippen molar-refractivity contribution in [2.45, 2.75) is 84.3 Å². The van der Waals surface area contributed by atoms with E-state index >= 15 is 0 Å². The molecule has 0 aromatic rings. The molecule has 2 amide bonds. The van der Waals surface area contributed by atoms with Crippen molar-refractivity contribution in [3.63, 3.8) is 0 Å². The number of amides is 2. The molecule has 0 aromatic heterocycles. The summed E-state index contributed by atoms with van der Waals surface area (Å²) < 4.78 is 5.39. The lowest BCUT2D eigenvalue weighted by Crippen LogP contribution is -2.57. The van der Waals surface area contributed by atoms with Gasteiger partial charge in [0.25, 0.3) is 0 Å². The first kappa shape index (κ1) is 20.3. The van der Waals surface area contributed by atoms with Crippen molar-refractivity contribution >= 4 is 12.0 Å². The quantitative estimate of drug-likeness (QED) is 0.770. The van der Waals surface area contributed by atoms with E-state index in [1.807, 2.05) is 26.8 Å². The van der Waals surface area contributed by atoms with E-state index in [0.29, 0.717) is 6.54 Å². The fourth-order valence-electron chi connectivity index (χ4n) is 2.79. The van der Waals surface area contributed by atoms with E-state index in [-0.39, 0.29) is 5.91 Å². The number of alkyl carbamates (subject to hydrolysis) is 1. The highest BCUT2D eigenvalue weighted by atomic mass is 16.6. The summed E-state index contributed by atoms with van der Waals surface area (Å²) in [6, 6.07) is 2.00. The summed E-state index contributed by atoms with van der Waals surface area (Å²) in [5, 5.41) is 14.9. The molecule has 1 fully saturated rings. The number of hydrogen-bond donors (Lipinski definition) is 2. The lowest BCUT2D eigenvalue weighted by atomic mass is 9.88. The van der Waals surface area contributed by atoms with Crippen LogP contribution in [0, 0.1) is 16.7 Å². The van der Waals surface area contributed by atoms with Crippen molar-refractivity contribution in [2.75, 3.05) is 6.54 Å². The number of carbonyl (C=O) groups is 2. The minimum atomic E-state index is -1.09. The Morgan fingerprint density at radius 3 is 2.08 bits per heavy atom. The van der Waals surface area contributed by atoms with Gasteiger partial charge >= 0.3 is 6.09 Å². The van der Waals surface area contributed by atoms with Crippen LogP contribution in [0.1, 0.15) is 73.1 Å². The number of nitriles is 1. The van der Waals surface area contributed by atoms with Crippen LogP contribution in [0.5, 0.6) is 0 Å². The predicted molar refractivity (Wildman–Crippen MR) is 92.2 cm³/mol. The maximum absolute atomic E-state index is 12.2. The van der Waals surface area contributed by atoms with Crippen LogP contribution in [0.2, 0.25) is 0 Å². The standard InChI is InChI=1S/C18H31N3O3/c1-16(2,3)24-15(23)21-18(10-8-6-7-9-11-18)13-20-14(22)17(4,5)12-19/h6-11,13H2,1-5H3,(H,20,22)(H,21,23). The second-order valence-corrected chi connectivity index (χ2v) is 8.24. The molecule has 0 aliphatic heterocycles. The Kier molecular flexibility index (Phi) is 6.65. The van der Waals surface area contributed by atoms with Crippen LogP contribution in [0.4, 0.5) is 4.79 Å². The molecular formula is C18H31N3O3. The fourth-order valence-corrected chi connectivity index (χ4v) is 2.79. The highest BCUT2D eigenvalue weighted by Crippen LogP contribution is 2.27. The molecule has 6 heteroatoms. The second-order valence-electron chi connectivity index (χ2n) is 8.24. The van der Waals surface area contributed by atoms with Crippen molar-refractivity contribution in [2.24, 2.45) is 5.41 Å². The second kappa shape index (κ2) is 7.87. The Bertz CT molecular complexity index is 493. The molecule has 136 valence electrons. The highest BCUT2D eigenvalue weighted by Gasteiger charge is 2.36. The zero-order valence-corrected chi connectivity index (χ0v) is 15.6. The number of nitrogens with zero attached hydrogens (tertiary/aromatic N) is 1. The molecule has 24 heavy (non-hydrogen) atoms. The monoisotopic (exact) mass is 337 g/mol. The summed E-state index contributed by atoms with van der Waals surface area (Å²) in [5.74, 6) is -0.320. The summed E-state index contributed by atoms with van der Waals surface area (Å²) in [6.45, 7) is 8.96. The minimum absolute atomic E-state index is 0.316. The van der Waals surface area contributed by atoms with Crippen LogP contribution < -0.4 is 10.6 Å². The third-order valence-electron chi connectivity index (χ3n) is 4.26. The van der Waals surface area contributed by atoms with E-state index in [0.717, 1.165) is 38.5 Å². The van der Waals surface area contributed by atoms with Crippen LogP contribution in [-0.4, -0.2) is 29.7 Å². The van der Waals surface area contributed by atoms with Crippen molar-refractivity contribution in [3.05, 3.63) is 0 Å². The van der Waals surface area contributed by atoms with Gasteiger partial charge in [-0.3, -0.25) is 4.79 Å². The molecule has 0 atom stereocenters. The molecule has 0 aromatic carbocycles. The predicted octanol–water partition coefficient (Wildman–Crippen LogP) is 3.27. The number of ether oxygens (including phenoxy) is 1. The third kappa shape index (κ3) is 6.38. The smallest absolute Gasteiger partial charge is 0.408 e.